The zero-order valence-corrected chi connectivity index (χ0v) is 9.13. The monoisotopic (exact) mass is 202 g/mol. The van der Waals surface area contributed by atoms with E-state index in [9.17, 15) is 4.39 Å². The highest BCUT2D eigenvalue weighted by atomic mass is 19.1. The molecule has 0 radical (unpaired) electrons. The van der Waals surface area contributed by atoms with Gasteiger partial charge < -0.3 is 0 Å². The normalized spacial score (nSPS) is 20.9. The van der Waals surface area contributed by atoms with E-state index in [0.717, 1.165) is 5.57 Å². The first-order valence-electron chi connectivity index (χ1n) is 5.27. The SMILES string of the molecule is CC1=C(F)CC(c2ccc(C)cc2)C=C1. The number of allylic oxidation sites excluding steroid dienone is 4. The summed E-state index contributed by atoms with van der Waals surface area (Å²) in [5.74, 6) is 0.220. The van der Waals surface area contributed by atoms with Crippen molar-refractivity contribution in [2.75, 3.05) is 0 Å². The fourth-order valence-electron chi connectivity index (χ4n) is 1.82. The summed E-state index contributed by atoms with van der Waals surface area (Å²) in [7, 11) is 0. The molecule has 0 N–H and O–H groups in total. The average Bonchev–Trinajstić information content (AvgIpc) is 2.23. The Hall–Kier alpha value is -1.37. The summed E-state index contributed by atoms with van der Waals surface area (Å²) in [6.45, 7) is 3.88. The number of aryl methyl sites for hydroxylation is 1. The Morgan fingerprint density at radius 2 is 1.80 bits per heavy atom. The van der Waals surface area contributed by atoms with E-state index in [0.29, 0.717) is 6.42 Å². The quantitative estimate of drug-likeness (QED) is 0.637. The van der Waals surface area contributed by atoms with Gasteiger partial charge in [-0.2, -0.15) is 0 Å². The number of halogens is 1. The Bertz CT molecular complexity index is 409. The van der Waals surface area contributed by atoms with Crippen LogP contribution in [0.4, 0.5) is 4.39 Å². The lowest BCUT2D eigenvalue weighted by Gasteiger charge is -2.17. The Morgan fingerprint density at radius 1 is 1.13 bits per heavy atom. The summed E-state index contributed by atoms with van der Waals surface area (Å²) in [6.07, 6.45) is 4.47. The zero-order chi connectivity index (χ0) is 10.8. The van der Waals surface area contributed by atoms with Crippen molar-refractivity contribution in [2.45, 2.75) is 26.2 Å². The van der Waals surface area contributed by atoms with Crippen molar-refractivity contribution >= 4 is 0 Å². The maximum absolute atomic E-state index is 13.4. The molecule has 0 bridgehead atoms. The Labute approximate surface area is 90.1 Å². The predicted molar refractivity (Wildman–Crippen MR) is 61.5 cm³/mol. The molecule has 0 fully saturated rings. The molecule has 1 aromatic carbocycles. The molecule has 1 atom stereocenters. The fourth-order valence-corrected chi connectivity index (χ4v) is 1.82. The number of hydrogen-bond acceptors (Lipinski definition) is 0. The molecule has 1 aliphatic rings. The molecule has 0 aromatic heterocycles. The van der Waals surface area contributed by atoms with E-state index in [1.807, 2.05) is 13.0 Å². The lowest BCUT2D eigenvalue weighted by atomic mass is 9.89. The molecular formula is C14H15F. The van der Waals surface area contributed by atoms with Crippen LogP contribution in [0.2, 0.25) is 0 Å². The van der Waals surface area contributed by atoms with Crippen LogP contribution in [0.25, 0.3) is 0 Å². The van der Waals surface area contributed by atoms with Gasteiger partial charge in [0.15, 0.2) is 0 Å². The van der Waals surface area contributed by atoms with Crippen LogP contribution in [0.5, 0.6) is 0 Å². The second-order valence-electron chi connectivity index (χ2n) is 4.17. The molecule has 1 heteroatoms. The highest BCUT2D eigenvalue weighted by Gasteiger charge is 2.15. The summed E-state index contributed by atoms with van der Waals surface area (Å²) in [4.78, 5) is 0. The summed E-state index contributed by atoms with van der Waals surface area (Å²) in [5.41, 5.74) is 3.20. The van der Waals surface area contributed by atoms with Crippen LogP contribution in [-0.2, 0) is 0 Å². The maximum Gasteiger partial charge on any atom is 0.104 e. The summed E-state index contributed by atoms with van der Waals surface area (Å²) < 4.78 is 13.4. The largest absolute Gasteiger partial charge is 0.212 e. The van der Waals surface area contributed by atoms with Crippen molar-refractivity contribution in [2.24, 2.45) is 0 Å². The van der Waals surface area contributed by atoms with Crippen molar-refractivity contribution in [3.63, 3.8) is 0 Å². The average molecular weight is 202 g/mol. The van der Waals surface area contributed by atoms with E-state index >= 15 is 0 Å². The molecule has 0 nitrogen and oxygen atoms in total. The number of benzene rings is 1. The molecule has 0 saturated heterocycles. The van der Waals surface area contributed by atoms with Gasteiger partial charge >= 0.3 is 0 Å². The third-order valence-corrected chi connectivity index (χ3v) is 2.91. The Morgan fingerprint density at radius 3 is 2.40 bits per heavy atom. The lowest BCUT2D eigenvalue weighted by molar-refractivity contribution is 0.556. The summed E-state index contributed by atoms with van der Waals surface area (Å²) in [6, 6.07) is 8.31. The molecule has 1 aromatic rings. The summed E-state index contributed by atoms with van der Waals surface area (Å²) >= 11 is 0. The maximum atomic E-state index is 13.4. The molecule has 15 heavy (non-hydrogen) atoms. The van der Waals surface area contributed by atoms with Gasteiger partial charge in [-0.15, -0.1) is 0 Å². The molecule has 0 spiro atoms. The topological polar surface area (TPSA) is 0 Å². The van der Waals surface area contributed by atoms with E-state index in [1.54, 1.807) is 0 Å². The van der Waals surface area contributed by atoms with E-state index in [4.69, 9.17) is 0 Å². The third kappa shape index (κ3) is 2.17. The minimum Gasteiger partial charge on any atom is -0.212 e. The minimum absolute atomic E-state index is 0.0167. The molecule has 0 amide bonds. The molecule has 0 aliphatic heterocycles. The Balaban J connectivity index is 2.22. The Kier molecular flexibility index (Phi) is 2.72. The van der Waals surface area contributed by atoms with Gasteiger partial charge in [0.2, 0.25) is 0 Å². The van der Waals surface area contributed by atoms with Gasteiger partial charge in [0.1, 0.15) is 5.83 Å². The van der Waals surface area contributed by atoms with Crippen LogP contribution in [0.3, 0.4) is 0 Å². The zero-order valence-electron chi connectivity index (χ0n) is 9.13. The van der Waals surface area contributed by atoms with Crippen molar-refractivity contribution in [1.29, 1.82) is 0 Å². The second kappa shape index (κ2) is 4.01. The van der Waals surface area contributed by atoms with Gasteiger partial charge in [-0.05, 0) is 25.0 Å². The van der Waals surface area contributed by atoms with Crippen molar-refractivity contribution in [3.05, 3.63) is 58.9 Å². The van der Waals surface area contributed by atoms with Crippen LogP contribution in [0.15, 0.2) is 47.8 Å². The van der Waals surface area contributed by atoms with E-state index < -0.39 is 0 Å². The van der Waals surface area contributed by atoms with Gasteiger partial charge in [0.25, 0.3) is 0 Å². The third-order valence-electron chi connectivity index (χ3n) is 2.91. The molecule has 2 rings (SSSR count). The van der Waals surface area contributed by atoms with Crippen molar-refractivity contribution < 1.29 is 4.39 Å². The molecule has 78 valence electrons. The number of rotatable bonds is 1. The smallest absolute Gasteiger partial charge is 0.104 e. The van der Waals surface area contributed by atoms with Gasteiger partial charge in [0, 0.05) is 12.3 Å². The van der Waals surface area contributed by atoms with Gasteiger partial charge in [-0.3, -0.25) is 0 Å². The van der Waals surface area contributed by atoms with E-state index in [1.165, 1.54) is 11.1 Å². The van der Waals surface area contributed by atoms with Crippen LogP contribution in [0.1, 0.15) is 30.4 Å². The highest BCUT2D eigenvalue weighted by Crippen LogP contribution is 2.31. The van der Waals surface area contributed by atoms with Crippen LogP contribution in [-0.4, -0.2) is 0 Å². The number of hydrogen-bond donors (Lipinski definition) is 0. The first-order chi connectivity index (χ1) is 7.16. The predicted octanol–water partition coefficient (Wildman–Crippen LogP) is 4.28. The van der Waals surface area contributed by atoms with Crippen LogP contribution < -0.4 is 0 Å². The van der Waals surface area contributed by atoms with Gasteiger partial charge in [0.05, 0.1) is 0 Å². The second-order valence-corrected chi connectivity index (χ2v) is 4.17. The standard InChI is InChI=1S/C14H15F/c1-10-3-6-12(7-4-10)13-8-5-11(2)14(15)9-13/h3-8,13H,9H2,1-2H3. The first kappa shape index (κ1) is 10.2. The van der Waals surface area contributed by atoms with Gasteiger partial charge in [-0.25, -0.2) is 4.39 Å². The van der Waals surface area contributed by atoms with Crippen molar-refractivity contribution in [1.82, 2.24) is 0 Å². The van der Waals surface area contributed by atoms with Gasteiger partial charge in [-0.1, -0.05) is 42.0 Å². The van der Waals surface area contributed by atoms with Crippen LogP contribution >= 0.6 is 0 Å². The molecule has 1 unspecified atom stereocenters. The molecule has 1 aliphatic carbocycles. The molecule has 0 heterocycles. The van der Waals surface area contributed by atoms with Crippen LogP contribution in [0, 0.1) is 6.92 Å². The van der Waals surface area contributed by atoms with E-state index in [-0.39, 0.29) is 11.7 Å². The highest BCUT2D eigenvalue weighted by molar-refractivity contribution is 5.35. The van der Waals surface area contributed by atoms with E-state index in [2.05, 4.69) is 37.3 Å². The van der Waals surface area contributed by atoms with Crippen molar-refractivity contribution in [3.8, 4) is 0 Å². The minimum atomic E-state index is 0.0167. The summed E-state index contributed by atoms with van der Waals surface area (Å²) in [5, 5.41) is 0. The lowest BCUT2D eigenvalue weighted by Crippen LogP contribution is -2.00. The molecular weight excluding hydrogens is 187 g/mol. The fraction of sp³-hybridized carbons (Fsp3) is 0.286. The molecule has 0 saturated carbocycles. The first-order valence-corrected chi connectivity index (χ1v) is 5.27.